The molecule has 2 aromatic rings. The fourth-order valence-electron chi connectivity index (χ4n) is 4.04. The van der Waals surface area contributed by atoms with Crippen molar-refractivity contribution in [2.75, 3.05) is 50.6 Å². The standard InChI is InChI=1S/C23H25ClF5N5O3/c1-12-7-13(23(27,28)29)8-18(30-12)34-17(11-33(22(34)37)10-14(35)9-31(2)3)21(36)32(4)16-6-5-15(25)19(24)20(16)26/h5-8,14,17,35H,9-11H2,1-4H3/t14?,17-/m0/s1. The van der Waals surface area contributed by atoms with E-state index in [1.165, 1.54) is 6.92 Å². The molecule has 202 valence electrons. The van der Waals surface area contributed by atoms with Crippen LogP contribution >= 0.6 is 11.6 Å². The van der Waals surface area contributed by atoms with Crippen LogP contribution < -0.4 is 9.80 Å². The van der Waals surface area contributed by atoms with Crippen LogP contribution in [0, 0.1) is 18.6 Å². The average Bonchev–Trinajstić information content (AvgIpc) is 3.10. The number of carbonyl (C=O) groups is 2. The Morgan fingerprint density at radius 3 is 2.49 bits per heavy atom. The summed E-state index contributed by atoms with van der Waals surface area (Å²) in [5, 5.41) is 9.49. The highest BCUT2D eigenvalue weighted by Gasteiger charge is 2.46. The zero-order chi connectivity index (χ0) is 27.8. The Labute approximate surface area is 214 Å². The van der Waals surface area contributed by atoms with Gasteiger partial charge in [-0.15, -0.1) is 0 Å². The van der Waals surface area contributed by atoms with Crippen LogP contribution in [0.2, 0.25) is 5.02 Å². The summed E-state index contributed by atoms with van der Waals surface area (Å²) in [5.41, 5.74) is -1.53. The van der Waals surface area contributed by atoms with Gasteiger partial charge in [0.25, 0.3) is 5.91 Å². The molecule has 1 N–H and O–H groups in total. The Balaban J connectivity index is 2.04. The van der Waals surface area contributed by atoms with E-state index >= 15 is 0 Å². The Morgan fingerprint density at radius 2 is 1.89 bits per heavy atom. The van der Waals surface area contributed by atoms with E-state index in [1.807, 2.05) is 0 Å². The average molecular weight is 550 g/mol. The largest absolute Gasteiger partial charge is 0.416 e. The number of carbonyl (C=O) groups excluding carboxylic acids is 2. The van der Waals surface area contributed by atoms with E-state index in [0.29, 0.717) is 6.07 Å². The predicted octanol–water partition coefficient (Wildman–Crippen LogP) is 3.54. The smallest absolute Gasteiger partial charge is 0.390 e. The number of anilines is 2. The number of aliphatic hydroxyl groups is 1. The summed E-state index contributed by atoms with van der Waals surface area (Å²) < 4.78 is 68.7. The molecule has 1 aromatic carbocycles. The Kier molecular flexibility index (Phi) is 8.30. The quantitative estimate of drug-likeness (QED) is 0.422. The van der Waals surface area contributed by atoms with Crippen LogP contribution in [0.15, 0.2) is 24.3 Å². The van der Waals surface area contributed by atoms with E-state index < -0.39 is 64.0 Å². The zero-order valence-electron chi connectivity index (χ0n) is 20.4. The molecule has 1 aromatic heterocycles. The first-order valence-corrected chi connectivity index (χ1v) is 11.4. The number of rotatable bonds is 7. The van der Waals surface area contributed by atoms with E-state index in [4.69, 9.17) is 11.6 Å². The van der Waals surface area contributed by atoms with Gasteiger partial charge in [-0.1, -0.05) is 11.6 Å². The van der Waals surface area contributed by atoms with E-state index in [1.54, 1.807) is 19.0 Å². The van der Waals surface area contributed by atoms with Crippen molar-refractivity contribution in [3.63, 3.8) is 0 Å². The van der Waals surface area contributed by atoms with Gasteiger partial charge >= 0.3 is 12.2 Å². The van der Waals surface area contributed by atoms with Gasteiger partial charge < -0.3 is 19.8 Å². The molecule has 0 saturated carbocycles. The second-order valence-electron chi connectivity index (χ2n) is 8.93. The molecule has 2 atom stereocenters. The van der Waals surface area contributed by atoms with Gasteiger partial charge in [0, 0.05) is 25.8 Å². The highest BCUT2D eigenvalue weighted by Crippen LogP contribution is 2.35. The van der Waals surface area contributed by atoms with Gasteiger partial charge in [0.15, 0.2) is 5.82 Å². The Bertz CT molecular complexity index is 1200. The first kappa shape index (κ1) is 28.5. The number of aryl methyl sites for hydroxylation is 1. The van der Waals surface area contributed by atoms with E-state index in [0.717, 1.165) is 39.9 Å². The van der Waals surface area contributed by atoms with Crippen molar-refractivity contribution in [2.45, 2.75) is 25.2 Å². The molecule has 1 aliphatic heterocycles. The van der Waals surface area contributed by atoms with Gasteiger partial charge in [-0.3, -0.25) is 9.69 Å². The molecule has 0 radical (unpaired) electrons. The number of aliphatic hydroxyl groups excluding tert-OH is 1. The highest BCUT2D eigenvalue weighted by molar-refractivity contribution is 6.31. The number of benzene rings is 1. The van der Waals surface area contributed by atoms with Gasteiger partial charge in [0.05, 0.1) is 23.9 Å². The molecule has 1 aliphatic rings. The molecular formula is C23H25ClF5N5O3. The molecule has 3 amide bonds. The first-order valence-electron chi connectivity index (χ1n) is 11.0. The maximum atomic E-state index is 14.6. The predicted molar refractivity (Wildman–Crippen MR) is 127 cm³/mol. The van der Waals surface area contributed by atoms with Gasteiger partial charge in [-0.25, -0.2) is 18.6 Å². The minimum Gasteiger partial charge on any atom is -0.390 e. The SMILES string of the molecule is Cc1cc(C(F)(F)F)cc(N2C(=O)N(CC(O)CN(C)C)C[C@H]2C(=O)N(C)c2ccc(F)c(Cl)c2F)n1. The van der Waals surface area contributed by atoms with Gasteiger partial charge in [0.1, 0.15) is 22.7 Å². The fourth-order valence-corrected chi connectivity index (χ4v) is 4.20. The van der Waals surface area contributed by atoms with Gasteiger partial charge in [-0.05, 0) is 45.3 Å². The van der Waals surface area contributed by atoms with Crippen molar-refractivity contribution in [1.82, 2.24) is 14.8 Å². The third kappa shape index (κ3) is 6.11. The number of urea groups is 1. The molecule has 8 nitrogen and oxygen atoms in total. The van der Waals surface area contributed by atoms with Crippen molar-refractivity contribution in [3.8, 4) is 0 Å². The molecule has 1 unspecified atom stereocenters. The number of halogens is 6. The molecule has 0 aliphatic carbocycles. The summed E-state index contributed by atoms with van der Waals surface area (Å²) in [6.07, 6.45) is -5.78. The van der Waals surface area contributed by atoms with Crippen molar-refractivity contribution >= 4 is 35.0 Å². The van der Waals surface area contributed by atoms with Crippen LogP contribution in [0.1, 0.15) is 11.3 Å². The molecule has 0 spiro atoms. The van der Waals surface area contributed by atoms with Gasteiger partial charge in [-0.2, -0.15) is 13.2 Å². The monoisotopic (exact) mass is 549 g/mol. The van der Waals surface area contributed by atoms with E-state index in [2.05, 4.69) is 4.98 Å². The Morgan fingerprint density at radius 1 is 1.24 bits per heavy atom. The van der Waals surface area contributed by atoms with Crippen molar-refractivity contribution in [2.24, 2.45) is 0 Å². The number of alkyl halides is 3. The zero-order valence-corrected chi connectivity index (χ0v) is 21.1. The summed E-state index contributed by atoms with van der Waals surface area (Å²) in [7, 11) is 4.55. The number of β-amino-alcohol motifs (C(OH)–C–C–N with tert-alkyl or cyclic N) is 1. The van der Waals surface area contributed by atoms with E-state index in [-0.39, 0.29) is 25.3 Å². The van der Waals surface area contributed by atoms with Crippen LogP contribution in [-0.2, 0) is 11.0 Å². The van der Waals surface area contributed by atoms with E-state index in [9.17, 15) is 36.6 Å². The molecular weight excluding hydrogens is 525 g/mol. The molecule has 0 bridgehead atoms. The van der Waals surface area contributed by atoms with Crippen LogP contribution in [0.5, 0.6) is 0 Å². The van der Waals surface area contributed by atoms with Crippen molar-refractivity contribution < 1.29 is 36.6 Å². The van der Waals surface area contributed by atoms with Crippen LogP contribution in [0.4, 0.5) is 38.3 Å². The van der Waals surface area contributed by atoms with Crippen molar-refractivity contribution in [3.05, 3.63) is 52.2 Å². The second kappa shape index (κ2) is 10.8. The van der Waals surface area contributed by atoms with Crippen LogP contribution in [-0.4, -0.2) is 84.8 Å². The lowest BCUT2D eigenvalue weighted by Gasteiger charge is -2.27. The van der Waals surface area contributed by atoms with Crippen LogP contribution in [0.25, 0.3) is 0 Å². The maximum absolute atomic E-state index is 14.6. The third-order valence-corrected chi connectivity index (χ3v) is 6.04. The molecule has 1 fully saturated rings. The van der Waals surface area contributed by atoms with Gasteiger partial charge in [0.2, 0.25) is 0 Å². The summed E-state index contributed by atoms with van der Waals surface area (Å²) in [6, 6.07) is 0.947. The minimum absolute atomic E-state index is 0.0559. The lowest BCUT2D eigenvalue weighted by Crippen LogP contribution is -2.47. The normalized spacial score (nSPS) is 17.1. The fraction of sp³-hybridized carbons (Fsp3) is 0.435. The number of hydrogen-bond acceptors (Lipinski definition) is 5. The first-order chi connectivity index (χ1) is 17.1. The molecule has 37 heavy (non-hydrogen) atoms. The number of amides is 3. The number of pyridine rings is 1. The molecule has 2 heterocycles. The second-order valence-corrected chi connectivity index (χ2v) is 9.31. The Hall–Kier alpha value is -3.03. The third-order valence-electron chi connectivity index (χ3n) is 5.69. The lowest BCUT2D eigenvalue weighted by molar-refractivity contribution is -0.137. The number of aromatic nitrogens is 1. The molecule has 1 saturated heterocycles. The van der Waals surface area contributed by atoms with Crippen LogP contribution in [0.3, 0.4) is 0 Å². The van der Waals surface area contributed by atoms with Crippen molar-refractivity contribution in [1.29, 1.82) is 0 Å². The lowest BCUT2D eigenvalue weighted by atomic mass is 10.1. The summed E-state index contributed by atoms with van der Waals surface area (Å²) >= 11 is 5.63. The molecule has 14 heteroatoms. The number of nitrogens with zero attached hydrogens (tertiary/aromatic N) is 5. The topological polar surface area (TPSA) is 80.2 Å². The number of hydrogen-bond donors (Lipinski definition) is 1. The minimum atomic E-state index is -4.75. The number of likely N-dealkylation sites (N-methyl/N-ethyl adjacent to an activating group) is 2. The molecule has 3 rings (SSSR count). The maximum Gasteiger partial charge on any atom is 0.416 e. The summed E-state index contributed by atoms with van der Waals surface area (Å²) in [6.45, 7) is 0.912. The highest BCUT2D eigenvalue weighted by atomic mass is 35.5. The summed E-state index contributed by atoms with van der Waals surface area (Å²) in [4.78, 5) is 35.2. The summed E-state index contributed by atoms with van der Waals surface area (Å²) in [5.74, 6) is -3.60.